The first kappa shape index (κ1) is 16.5. The van der Waals surface area contributed by atoms with Crippen molar-refractivity contribution in [2.45, 2.75) is 6.92 Å². The maximum Gasteiger partial charge on any atom is 0.427 e. The molecule has 1 aromatic heterocycles. The molecular weight excluding hydrogens is 347 g/mol. The van der Waals surface area contributed by atoms with Gasteiger partial charge in [0.1, 0.15) is 0 Å². The third-order valence-corrected chi connectivity index (χ3v) is 4.27. The Labute approximate surface area is 141 Å². The minimum Gasteiger partial charge on any atom is -0.452 e. The first-order valence-corrected chi connectivity index (χ1v) is 7.63. The van der Waals surface area contributed by atoms with Crippen molar-refractivity contribution in [3.63, 3.8) is 0 Å². The van der Waals surface area contributed by atoms with Crippen molar-refractivity contribution in [2.24, 2.45) is 5.10 Å². The van der Waals surface area contributed by atoms with E-state index in [-0.39, 0.29) is 5.15 Å². The van der Waals surface area contributed by atoms with Gasteiger partial charge in [0.25, 0.3) is 0 Å². The number of hydrogen-bond donors (Lipinski definition) is 2. The van der Waals surface area contributed by atoms with Crippen molar-refractivity contribution in [3.05, 3.63) is 38.8 Å². The molecule has 6 nitrogen and oxygen atoms in total. The molecule has 0 radical (unpaired) electrons. The highest BCUT2D eigenvalue weighted by Gasteiger charge is 2.08. The first-order chi connectivity index (χ1) is 10.5. The van der Waals surface area contributed by atoms with E-state index in [1.165, 1.54) is 24.7 Å². The van der Waals surface area contributed by atoms with E-state index in [9.17, 15) is 4.79 Å². The van der Waals surface area contributed by atoms with Gasteiger partial charge in [-0.15, -0.1) is 0 Å². The van der Waals surface area contributed by atoms with Gasteiger partial charge in [0.15, 0.2) is 10.3 Å². The van der Waals surface area contributed by atoms with Crippen molar-refractivity contribution >= 4 is 57.7 Å². The van der Waals surface area contributed by atoms with Crippen LogP contribution in [0.15, 0.2) is 23.3 Å². The number of aryl methyl sites for hydroxylation is 1. The smallest absolute Gasteiger partial charge is 0.427 e. The lowest BCUT2D eigenvalue weighted by Crippen LogP contribution is -2.16. The van der Waals surface area contributed by atoms with Gasteiger partial charge in [-0.05, 0) is 24.6 Å². The summed E-state index contributed by atoms with van der Waals surface area (Å²) < 4.78 is 4.39. The number of hydrazone groups is 1. The van der Waals surface area contributed by atoms with Crippen LogP contribution in [0.3, 0.4) is 0 Å². The van der Waals surface area contributed by atoms with Gasteiger partial charge in [-0.1, -0.05) is 40.6 Å². The highest BCUT2D eigenvalue weighted by molar-refractivity contribution is 7.17. The Kier molecular flexibility index (Phi) is 5.59. The number of nitrogens with zero attached hydrogens (tertiary/aromatic N) is 2. The molecule has 0 saturated heterocycles. The van der Waals surface area contributed by atoms with Gasteiger partial charge in [-0.3, -0.25) is 0 Å². The Morgan fingerprint density at radius 3 is 2.91 bits per heavy atom. The van der Waals surface area contributed by atoms with E-state index in [0.717, 1.165) is 11.3 Å². The van der Waals surface area contributed by atoms with Crippen molar-refractivity contribution < 1.29 is 9.53 Å². The number of nitrogens with one attached hydrogen (secondary N) is 2. The average molecular weight is 359 g/mol. The van der Waals surface area contributed by atoms with Gasteiger partial charge in [0, 0.05) is 10.7 Å². The fourth-order valence-electron chi connectivity index (χ4n) is 1.43. The summed E-state index contributed by atoms with van der Waals surface area (Å²) in [6, 6.07) is 5.60. The van der Waals surface area contributed by atoms with Gasteiger partial charge in [0.2, 0.25) is 0 Å². The summed E-state index contributed by atoms with van der Waals surface area (Å²) >= 11 is 13.4. The van der Waals surface area contributed by atoms with Crippen LogP contribution in [0.5, 0.6) is 0 Å². The van der Waals surface area contributed by atoms with E-state index in [1.807, 2.05) is 19.1 Å². The zero-order chi connectivity index (χ0) is 16.1. The Morgan fingerprint density at radius 1 is 1.45 bits per heavy atom. The van der Waals surface area contributed by atoms with Crippen LogP contribution in [0.4, 0.5) is 15.6 Å². The number of rotatable bonds is 4. The van der Waals surface area contributed by atoms with Crippen LogP contribution in [-0.2, 0) is 4.74 Å². The van der Waals surface area contributed by atoms with Crippen molar-refractivity contribution in [1.29, 1.82) is 0 Å². The second-order valence-corrected chi connectivity index (χ2v) is 5.92. The van der Waals surface area contributed by atoms with Crippen LogP contribution >= 0.6 is 34.5 Å². The van der Waals surface area contributed by atoms with E-state index in [1.54, 1.807) is 6.07 Å². The molecule has 22 heavy (non-hydrogen) atoms. The fraction of sp³-hybridized carbons (Fsp3) is 0.154. The highest BCUT2D eigenvalue weighted by atomic mass is 35.5. The largest absolute Gasteiger partial charge is 0.452 e. The summed E-state index contributed by atoms with van der Waals surface area (Å²) in [5, 5.41) is 8.35. The molecule has 1 amide bonds. The molecule has 9 heteroatoms. The quantitative estimate of drug-likeness (QED) is 0.634. The van der Waals surface area contributed by atoms with Crippen molar-refractivity contribution in [2.75, 3.05) is 12.4 Å². The highest BCUT2D eigenvalue weighted by Crippen LogP contribution is 2.29. The van der Waals surface area contributed by atoms with Gasteiger partial charge >= 0.3 is 6.09 Å². The number of thiazole rings is 1. The minimum atomic E-state index is -0.662. The lowest BCUT2D eigenvalue weighted by Gasteiger charge is -2.04. The summed E-state index contributed by atoms with van der Waals surface area (Å²) in [6.07, 6.45) is 0.731. The Morgan fingerprint density at radius 2 is 2.23 bits per heavy atom. The molecule has 0 bridgehead atoms. The molecule has 1 heterocycles. The Hall–Kier alpha value is -1.83. The van der Waals surface area contributed by atoms with E-state index < -0.39 is 6.09 Å². The predicted molar refractivity (Wildman–Crippen MR) is 89.7 cm³/mol. The fourth-order valence-corrected chi connectivity index (χ4v) is 2.66. The number of halogens is 2. The zero-order valence-electron chi connectivity index (χ0n) is 11.7. The van der Waals surface area contributed by atoms with Gasteiger partial charge in [0.05, 0.1) is 18.2 Å². The molecule has 0 aliphatic rings. The molecule has 0 spiro atoms. The number of ether oxygens (including phenoxy) is 1. The number of anilines is 2. The van der Waals surface area contributed by atoms with E-state index >= 15 is 0 Å². The molecule has 0 saturated carbocycles. The molecule has 2 rings (SSSR count). The standard InChI is InChI=1S/C13H12Cl2N4O2S/c1-7-3-4-8(5-9(7)14)17-12-18-11(15)10(22-12)6-16-19-13(20)21-2/h3-6H,1-2H3,(H,17,18)(H,19,20)/b16-6+. The lowest BCUT2D eigenvalue weighted by atomic mass is 10.2. The van der Waals surface area contributed by atoms with Gasteiger partial charge in [-0.25, -0.2) is 15.2 Å². The first-order valence-electron chi connectivity index (χ1n) is 6.06. The van der Waals surface area contributed by atoms with Crippen molar-refractivity contribution in [3.8, 4) is 0 Å². The monoisotopic (exact) mass is 358 g/mol. The van der Waals surface area contributed by atoms with Crippen LogP contribution in [0.2, 0.25) is 10.2 Å². The molecule has 1 aromatic carbocycles. The summed E-state index contributed by atoms with van der Waals surface area (Å²) in [4.78, 5) is 15.6. The number of amides is 1. The Balaban J connectivity index is 2.08. The lowest BCUT2D eigenvalue weighted by molar-refractivity contribution is 0.171. The number of aromatic nitrogens is 1. The summed E-state index contributed by atoms with van der Waals surface area (Å²) in [6.45, 7) is 1.93. The van der Waals surface area contributed by atoms with Crippen LogP contribution < -0.4 is 10.7 Å². The summed E-state index contributed by atoms with van der Waals surface area (Å²) in [7, 11) is 1.25. The van der Waals surface area contributed by atoms with Crippen molar-refractivity contribution in [1.82, 2.24) is 10.4 Å². The maximum atomic E-state index is 10.9. The topological polar surface area (TPSA) is 75.6 Å². The molecule has 0 fully saturated rings. The third-order valence-electron chi connectivity index (χ3n) is 2.56. The van der Waals surface area contributed by atoms with Crippen LogP contribution in [0.1, 0.15) is 10.4 Å². The number of benzene rings is 1. The number of carbonyl (C=O) groups excluding carboxylic acids is 1. The summed E-state index contributed by atoms with van der Waals surface area (Å²) in [5.74, 6) is 0. The van der Waals surface area contributed by atoms with Gasteiger partial charge < -0.3 is 10.1 Å². The van der Waals surface area contributed by atoms with E-state index in [4.69, 9.17) is 23.2 Å². The van der Waals surface area contributed by atoms with E-state index in [0.29, 0.717) is 15.0 Å². The zero-order valence-corrected chi connectivity index (χ0v) is 14.0. The van der Waals surface area contributed by atoms with Crippen LogP contribution in [0.25, 0.3) is 0 Å². The molecule has 0 unspecified atom stereocenters. The molecule has 0 atom stereocenters. The van der Waals surface area contributed by atoms with Crippen LogP contribution in [-0.4, -0.2) is 24.4 Å². The molecule has 2 N–H and O–H groups in total. The molecule has 116 valence electrons. The Bertz CT molecular complexity index is 718. The third kappa shape index (κ3) is 4.33. The number of hydrogen-bond acceptors (Lipinski definition) is 6. The molecule has 0 aliphatic carbocycles. The van der Waals surface area contributed by atoms with Gasteiger partial charge in [-0.2, -0.15) is 5.10 Å². The minimum absolute atomic E-state index is 0.279. The average Bonchev–Trinajstić information content (AvgIpc) is 2.82. The molecule has 2 aromatic rings. The van der Waals surface area contributed by atoms with Crippen LogP contribution in [0, 0.1) is 6.92 Å². The number of carbonyl (C=O) groups is 1. The second-order valence-electron chi connectivity index (χ2n) is 4.12. The van der Waals surface area contributed by atoms with E-state index in [2.05, 4.69) is 25.6 Å². The summed E-state index contributed by atoms with van der Waals surface area (Å²) in [5.41, 5.74) is 3.97. The molecular formula is C13H12Cl2N4O2S. The SMILES string of the molecule is COC(=O)N/N=C/c1sc(Nc2ccc(C)c(Cl)c2)nc1Cl. The second kappa shape index (κ2) is 7.44. The molecule has 0 aliphatic heterocycles. The predicted octanol–water partition coefficient (Wildman–Crippen LogP) is 4.19. The number of methoxy groups -OCH3 is 1. The normalized spacial score (nSPS) is 10.7. The maximum absolute atomic E-state index is 10.9.